The number of carbonyl (C=O) groups excluding carboxylic acids is 3. The van der Waals surface area contributed by atoms with E-state index in [2.05, 4.69) is 15.5 Å². The molecule has 1 heterocycles. The molecule has 1 N–H and O–H groups in total. The number of hydrogen-bond donors (Lipinski definition) is 1. The van der Waals surface area contributed by atoms with Gasteiger partial charge in [0.1, 0.15) is 0 Å². The third-order valence-electron chi connectivity index (χ3n) is 4.70. The normalized spacial score (nSPS) is 10.5. The number of pyridine rings is 1. The second kappa shape index (κ2) is 11.2. The van der Waals surface area contributed by atoms with Crippen LogP contribution in [0.1, 0.15) is 36.6 Å². The van der Waals surface area contributed by atoms with E-state index in [1.165, 1.54) is 24.5 Å². The number of amides is 1. The largest absolute Gasteiger partial charge is 0.419 e. The fraction of sp³-hybridized carbons (Fsp3) is 0. The first kappa shape index (κ1) is 23.1. The number of hydrazone groups is 1. The number of hydrogen-bond acceptors (Lipinski definition) is 7. The van der Waals surface area contributed by atoms with Gasteiger partial charge in [-0.15, -0.1) is 0 Å². The highest BCUT2D eigenvalue weighted by atomic mass is 16.6. The predicted molar refractivity (Wildman–Crippen MR) is 129 cm³/mol. The highest BCUT2D eigenvalue weighted by Crippen LogP contribution is 2.30. The second-order valence-corrected chi connectivity index (χ2v) is 7.16. The topological polar surface area (TPSA) is 107 Å². The molecule has 0 aliphatic rings. The maximum Gasteiger partial charge on any atom is 0.343 e. The average molecular weight is 465 g/mol. The first-order valence-corrected chi connectivity index (χ1v) is 10.5. The molecule has 8 heteroatoms. The molecular weight excluding hydrogens is 446 g/mol. The molecule has 0 saturated carbocycles. The van der Waals surface area contributed by atoms with E-state index >= 15 is 0 Å². The fourth-order valence-electron chi connectivity index (χ4n) is 2.96. The van der Waals surface area contributed by atoms with Crippen LogP contribution < -0.4 is 14.9 Å². The Kier molecular flexibility index (Phi) is 7.35. The number of nitrogens with one attached hydrogen (secondary N) is 1. The number of nitrogens with zero attached hydrogens (tertiary/aromatic N) is 2. The molecule has 0 bridgehead atoms. The maximum atomic E-state index is 12.6. The Hall–Kier alpha value is -5.11. The quantitative estimate of drug-likeness (QED) is 0.189. The van der Waals surface area contributed by atoms with Crippen LogP contribution in [0.5, 0.6) is 11.5 Å². The van der Waals surface area contributed by atoms with Crippen molar-refractivity contribution in [3.05, 3.63) is 126 Å². The third-order valence-corrected chi connectivity index (χ3v) is 4.70. The van der Waals surface area contributed by atoms with E-state index in [1.54, 1.807) is 85.1 Å². The molecule has 0 fully saturated rings. The maximum absolute atomic E-state index is 12.6. The Morgan fingerprint density at radius 3 is 1.91 bits per heavy atom. The van der Waals surface area contributed by atoms with Crippen LogP contribution in [0.15, 0.2) is 108 Å². The van der Waals surface area contributed by atoms with Gasteiger partial charge in [0, 0.05) is 12.4 Å². The summed E-state index contributed by atoms with van der Waals surface area (Å²) in [7, 11) is 0. The van der Waals surface area contributed by atoms with Gasteiger partial charge < -0.3 is 9.47 Å². The van der Waals surface area contributed by atoms with Crippen LogP contribution in [-0.2, 0) is 0 Å². The third kappa shape index (κ3) is 6.23. The first-order chi connectivity index (χ1) is 17.1. The molecule has 0 atom stereocenters. The van der Waals surface area contributed by atoms with Gasteiger partial charge >= 0.3 is 11.9 Å². The van der Waals surface area contributed by atoms with Crippen LogP contribution in [0.3, 0.4) is 0 Å². The summed E-state index contributed by atoms with van der Waals surface area (Å²) in [6.45, 7) is 0. The Balaban J connectivity index is 1.55. The van der Waals surface area contributed by atoms with Gasteiger partial charge in [0.25, 0.3) is 5.91 Å². The van der Waals surface area contributed by atoms with Crippen molar-refractivity contribution >= 4 is 24.1 Å². The van der Waals surface area contributed by atoms with Gasteiger partial charge in [-0.25, -0.2) is 15.0 Å². The zero-order chi connectivity index (χ0) is 24.5. The smallest absolute Gasteiger partial charge is 0.343 e. The molecule has 0 spiro atoms. The van der Waals surface area contributed by atoms with E-state index in [4.69, 9.17) is 9.47 Å². The van der Waals surface area contributed by atoms with Crippen LogP contribution in [0.4, 0.5) is 0 Å². The van der Waals surface area contributed by atoms with Crippen molar-refractivity contribution in [3.63, 3.8) is 0 Å². The van der Waals surface area contributed by atoms with Crippen molar-refractivity contribution in [3.8, 4) is 11.5 Å². The van der Waals surface area contributed by atoms with Crippen LogP contribution >= 0.6 is 0 Å². The van der Waals surface area contributed by atoms with E-state index in [0.29, 0.717) is 22.3 Å². The SMILES string of the molecule is O=C(NN=Cc1ccc(OC(=O)c2ccccc2)c(OC(=O)c2ccccc2)c1)c1cccnc1. The summed E-state index contributed by atoms with van der Waals surface area (Å²) >= 11 is 0. The summed E-state index contributed by atoms with van der Waals surface area (Å²) in [5, 5.41) is 3.93. The van der Waals surface area contributed by atoms with Crippen LogP contribution in [0, 0.1) is 0 Å². The van der Waals surface area contributed by atoms with Crippen LogP contribution in [-0.4, -0.2) is 29.0 Å². The molecular formula is C27H19N3O5. The molecule has 0 aliphatic heterocycles. The minimum Gasteiger partial charge on any atom is -0.419 e. The zero-order valence-electron chi connectivity index (χ0n) is 18.3. The lowest BCUT2D eigenvalue weighted by Crippen LogP contribution is -2.17. The molecule has 3 aromatic carbocycles. The molecule has 8 nitrogen and oxygen atoms in total. The Bertz CT molecular complexity index is 1360. The fourth-order valence-corrected chi connectivity index (χ4v) is 2.96. The molecule has 0 saturated heterocycles. The number of aromatic nitrogens is 1. The minimum absolute atomic E-state index is 0.0191. The number of rotatable bonds is 7. The minimum atomic E-state index is -0.624. The van der Waals surface area contributed by atoms with Crippen molar-refractivity contribution in [2.45, 2.75) is 0 Å². The number of benzene rings is 3. The van der Waals surface area contributed by atoms with E-state index in [-0.39, 0.29) is 11.5 Å². The second-order valence-electron chi connectivity index (χ2n) is 7.16. The molecule has 4 aromatic rings. The summed E-state index contributed by atoms with van der Waals surface area (Å²) < 4.78 is 11.0. The molecule has 1 aromatic heterocycles. The van der Waals surface area contributed by atoms with Gasteiger partial charge in [-0.3, -0.25) is 9.78 Å². The van der Waals surface area contributed by atoms with Crippen molar-refractivity contribution in [1.29, 1.82) is 0 Å². The number of esters is 2. The highest BCUT2D eigenvalue weighted by molar-refractivity contribution is 5.95. The van der Waals surface area contributed by atoms with E-state index in [1.807, 2.05) is 0 Å². The molecule has 0 unspecified atom stereocenters. The molecule has 172 valence electrons. The van der Waals surface area contributed by atoms with Gasteiger partial charge in [0.2, 0.25) is 0 Å². The van der Waals surface area contributed by atoms with Crippen molar-refractivity contribution in [2.24, 2.45) is 5.10 Å². The van der Waals surface area contributed by atoms with Crippen molar-refractivity contribution in [2.75, 3.05) is 0 Å². The van der Waals surface area contributed by atoms with E-state index in [9.17, 15) is 14.4 Å². The van der Waals surface area contributed by atoms with Gasteiger partial charge in [-0.05, 0) is 60.2 Å². The Morgan fingerprint density at radius 2 is 1.31 bits per heavy atom. The van der Waals surface area contributed by atoms with Gasteiger partial charge in [-0.2, -0.15) is 5.10 Å². The molecule has 0 radical (unpaired) electrons. The number of ether oxygens (including phenoxy) is 2. The number of carbonyl (C=O) groups is 3. The summed E-state index contributed by atoms with van der Waals surface area (Å²) in [4.78, 5) is 41.2. The van der Waals surface area contributed by atoms with Gasteiger partial charge in [0.15, 0.2) is 11.5 Å². The summed E-state index contributed by atoms with van der Waals surface area (Å²) in [6, 6.07) is 24.7. The summed E-state index contributed by atoms with van der Waals surface area (Å²) in [5.41, 5.74) is 3.92. The molecule has 4 rings (SSSR count). The Morgan fingerprint density at radius 1 is 0.714 bits per heavy atom. The van der Waals surface area contributed by atoms with Crippen LogP contribution in [0.2, 0.25) is 0 Å². The van der Waals surface area contributed by atoms with Gasteiger partial charge in [0.05, 0.1) is 22.9 Å². The Labute approximate surface area is 200 Å². The molecule has 35 heavy (non-hydrogen) atoms. The monoisotopic (exact) mass is 465 g/mol. The predicted octanol–water partition coefficient (Wildman–Crippen LogP) is 4.28. The first-order valence-electron chi connectivity index (χ1n) is 10.5. The van der Waals surface area contributed by atoms with E-state index < -0.39 is 17.8 Å². The summed E-state index contributed by atoms with van der Waals surface area (Å²) in [6.07, 6.45) is 4.35. The highest BCUT2D eigenvalue weighted by Gasteiger charge is 2.17. The zero-order valence-corrected chi connectivity index (χ0v) is 18.3. The van der Waals surface area contributed by atoms with Crippen molar-refractivity contribution < 1.29 is 23.9 Å². The average Bonchev–Trinajstić information content (AvgIpc) is 2.91. The lowest BCUT2D eigenvalue weighted by atomic mass is 10.2. The van der Waals surface area contributed by atoms with Gasteiger partial charge in [-0.1, -0.05) is 36.4 Å². The van der Waals surface area contributed by atoms with Crippen LogP contribution in [0.25, 0.3) is 0 Å². The molecule has 0 aliphatic carbocycles. The lowest BCUT2D eigenvalue weighted by Gasteiger charge is -2.11. The molecule has 1 amide bonds. The van der Waals surface area contributed by atoms with Crippen molar-refractivity contribution in [1.82, 2.24) is 10.4 Å². The summed E-state index contributed by atoms with van der Waals surface area (Å²) in [5.74, 6) is -1.59. The lowest BCUT2D eigenvalue weighted by molar-refractivity contribution is 0.0682. The van der Waals surface area contributed by atoms with E-state index in [0.717, 1.165) is 0 Å². The standard InChI is InChI=1S/C27H19N3O5/c31-25(22-12-7-15-28-18-22)30-29-17-19-13-14-23(34-26(32)20-8-3-1-4-9-20)24(16-19)35-27(33)21-10-5-2-6-11-21/h1-18H,(H,30,31).